The lowest BCUT2D eigenvalue weighted by Crippen LogP contribution is -2.73. The number of hydrogen-bond donors (Lipinski definition) is 1. The lowest BCUT2D eigenvalue weighted by molar-refractivity contribution is -0.342. The van der Waals surface area contributed by atoms with E-state index >= 15 is 0 Å². The van der Waals surface area contributed by atoms with Gasteiger partial charge in [0.1, 0.15) is 11.7 Å². The van der Waals surface area contributed by atoms with Gasteiger partial charge in [-0.2, -0.15) is 0 Å². The van der Waals surface area contributed by atoms with Crippen LogP contribution in [0.5, 0.6) is 0 Å². The fourth-order valence-corrected chi connectivity index (χ4v) is 8.70. The lowest BCUT2D eigenvalue weighted by atomic mass is 9.42. The summed E-state index contributed by atoms with van der Waals surface area (Å²) in [7, 11) is 0. The van der Waals surface area contributed by atoms with Crippen LogP contribution in [0, 0.1) is 28.6 Å². The van der Waals surface area contributed by atoms with Gasteiger partial charge in [-0.3, -0.25) is 9.59 Å². The molecule has 0 bridgehead atoms. The van der Waals surface area contributed by atoms with Gasteiger partial charge >= 0.3 is 11.9 Å². The summed E-state index contributed by atoms with van der Waals surface area (Å²) in [6.07, 6.45) is 5.95. The van der Waals surface area contributed by atoms with Crippen LogP contribution in [0.4, 0.5) is 0 Å². The molecular weight excluding hydrogens is 412 g/mol. The quantitative estimate of drug-likeness (QED) is 0.645. The summed E-state index contributed by atoms with van der Waals surface area (Å²) in [5.74, 6) is -0.367. The van der Waals surface area contributed by atoms with Crippen LogP contribution in [-0.4, -0.2) is 53.9 Å². The first-order valence-electron chi connectivity index (χ1n) is 12.4. The molecule has 4 saturated carbocycles. The number of ether oxygens (including phenoxy) is 4. The Morgan fingerprint density at radius 1 is 0.844 bits per heavy atom. The molecule has 180 valence electrons. The van der Waals surface area contributed by atoms with Gasteiger partial charge in [-0.05, 0) is 62.7 Å². The topological polar surface area (TPSA) is 91.3 Å². The number of esters is 2. The Kier molecular flexibility index (Phi) is 5.23. The standard InChI is InChI=1S/C25H38O7/c1-15(26)31-20-6-5-18-17-7-10-24(28)21(32-16(2)27)25(29-13-14-30-25)12-11-23(24,4)19(17)8-9-22(18,20)3/h17-21,28H,5-14H2,1-4H3/t17-,18+,19+,20+,21-,22-,23+,24+/m0/s1. The molecule has 1 heterocycles. The monoisotopic (exact) mass is 450 g/mol. The van der Waals surface area contributed by atoms with Gasteiger partial charge in [-0.25, -0.2) is 0 Å². The molecule has 5 rings (SSSR count). The second kappa shape index (κ2) is 7.41. The van der Waals surface area contributed by atoms with Crippen LogP contribution in [0.2, 0.25) is 0 Å². The molecule has 5 aliphatic rings. The molecule has 7 heteroatoms. The highest BCUT2D eigenvalue weighted by atomic mass is 16.8. The van der Waals surface area contributed by atoms with E-state index in [4.69, 9.17) is 18.9 Å². The minimum Gasteiger partial charge on any atom is -0.462 e. The van der Waals surface area contributed by atoms with E-state index < -0.39 is 28.9 Å². The van der Waals surface area contributed by atoms with Crippen molar-refractivity contribution in [1.82, 2.24) is 0 Å². The maximum atomic E-state index is 12.3. The van der Waals surface area contributed by atoms with E-state index in [0.29, 0.717) is 43.8 Å². The number of rotatable bonds is 2. The van der Waals surface area contributed by atoms with Gasteiger partial charge in [0.15, 0.2) is 6.10 Å². The Labute approximate surface area is 190 Å². The zero-order chi connectivity index (χ0) is 22.9. The Bertz CT molecular complexity index is 791. The van der Waals surface area contributed by atoms with Crippen LogP contribution in [-0.2, 0) is 28.5 Å². The largest absolute Gasteiger partial charge is 0.462 e. The van der Waals surface area contributed by atoms with Crippen molar-refractivity contribution in [2.24, 2.45) is 28.6 Å². The van der Waals surface area contributed by atoms with E-state index in [2.05, 4.69) is 13.8 Å². The second-order valence-corrected chi connectivity index (χ2v) is 11.5. The number of carbonyl (C=O) groups is 2. The molecule has 1 saturated heterocycles. The van der Waals surface area contributed by atoms with Crippen molar-refractivity contribution >= 4 is 11.9 Å². The van der Waals surface area contributed by atoms with Crippen LogP contribution in [0.15, 0.2) is 0 Å². The highest BCUT2D eigenvalue weighted by molar-refractivity contribution is 5.66. The Morgan fingerprint density at radius 3 is 2.19 bits per heavy atom. The molecule has 32 heavy (non-hydrogen) atoms. The van der Waals surface area contributed by atoms with Gasteiger partial charge in [-0.15, -0.1) is 0 Å². The Morgan fingerprint density at radius 2 is 1.53 bits per heavy atom. The van der Waals surface area contributed by atoms with Crippen LogP contribution in [0.3, 0.4) is 0 Å². The first-order valence-corrected chi connectivity index (χ1v) is 12.4. The van der Waals surface area contributed by atoms with Gasteiger partial charge in [0.25, 0.3) is 0 Å². The van der Waals surface area contributed by atoms with E-state index in [1.165, 1.54) is 13.8 Å². The third-order valence-electron chi connectivity index (χ3n) is 10.2. The maximum Gasteiger partial charge on any atom is 0.303 e. The first-order chi connectivity index (χ1) is 15.1. The van der Waals surface area contributed by atoms with Crippen molar-refractivity contribution < 1.29 is 33.6 Å². The summed E-state index contributed by atoms with van der Waals surface area (Å²) in [5.41, 5.74) is -1.58. The van der Waals surface area contributed by atoms with E-state index in [1.807, 2.05) is 0 Å². The lowest BCUT2D eigenvalue weighted by Gasteiger charge is -2.66. The molecule has 0 radical (unpaired) electrons. The third-order valence-corrected chi connectivity index (χ3v) is 10.2. The second-order valence-electron chi connectivity index (χ2n) is 11.5. The van der Waals surface area contributed by atoms with Crippen molar-refractivity contribution in [3.05, 3.63) is 0 Å². The van der Waals surface area contributed by atoms with Crippen LogP contribution in [0.1, 0.15) is 79.1 Å². The molecule has 0 unspecified atom stereocenters. The van der Waals surface area contributed by atoms with Crippen molar-refractivity contribution in [3.63, 3.8) is 0 Å². The normalized spacial score (nSPS) is 49.1. The molecule has 4 aliphatic carbocycles. The minimum atomic E-state index is -1.19. The van der Waals surface area contributed by atoms with E-state index in [0.717, 1.165) is 38.5 Å². The predicted molar refractivity (Wildman–Crippen MR) is 114 cm³/mol. The van der Waals surface area contributed by atoms with Crippen molar-refractivity contribution in [2.75, 3.05) is 13.2 Å². The minimum absolute atomic E-state index is 0.00149. The summed E-state index contributed by atoms with van der Waals surface area (Å²) >= 11 is 0. The summed E-state index contributed by atoms with van der Waals surface area (Å²) in [6, 6.07) is 0. The van der Waals surface area contributed by atoms with E-state index in [1.54, 1.807) is 0 Å². The Balaban J connectivity index is 1.47. The molecule has 1 aliphatic heterocycles. The number of fused-ring (bicyclic) bond motifs is 5. The van der Waals surface area contributed by atoms with E-state index in [9.17, 15) is 14.7 Å². The first kappa shape index (κ1) is 22.6. The van der Waals surface area contributed by atoms with E-state index in [-0.39, 0.29) is 17.5 Å². The van der Waals surface area contributed by atoms with Crippen LogP contribution < -0.4 is 0 Å². The van der Waals surface area contributed by atoms with Gasteiger partial charge in [0.05, 0.1) is 13.2 Å². The van der Waals surface area contributed by atoms with Crippen LogP contribution >= 0.6 is 0 Å². The number of carbonyl (C=O) groups excluding carboxylic acids is 2. The number of aliphatic hydroxyl groups is 1. The zero-order valence-corrected chi connectivity index (χ0v) is 19.9. The van der Waals surface area contributed by atoms with Crippen molar-refractivity contribution in [1.29, 1.82) is 0 Å². The van der Waals surface area contributed by atoms with Crippen molar-refractivity contribution in [3.8, 4) is 0 Å². The van der Waals surface area contributed by atoms with Gasteiger partial charge in [0, 0.05) is 31.1 Å². The fourth-order valence-electron chi connectivity index (χ4n) is 8.70. The average Bonchev–Trinajstić information content (AvgIpc) is 3.32. The molecule has 0 aromatic rings. The predicted octanol–water partition coefficient (Wildman–Crippen LogP) is 3.36. The molecule has 7 nitrogen and oxygen atoms in total. The molecule has 1 N–H and O–H groups in total. The molecule has 1 spiro atoms. The Hall–Kier alpha value is -1.18. The van der Waals surface area contributed by atoms with Gasteiger partial charge < -0.3 is 24.1 Å². The number of hydrogen-bond acceptors (Lipinski definition) is 7. The summed E-state index contributed by atoms with van der Waals surface area (Å²) in [4.78, 5) is 23.8. The van der Waals surface area contributed by atoms with Crippen LogP contribution in [0.25, 0.3) is 0 Å². The smallest absolute Gasteiger partial charge is 0.303 e. The third kappa shape index (κ3) is 2.96. The summed E-state index contributed by atoms with van der Waals surface area (Å²) in [5, 5.41) is 12.3. The summed E-state index contributed by atoms with van der Waals surface area (Å²) in [6.45, 7) is 8.30. The molecular formula is C25H38O7. The fraction of sp³-hybridized carbons (Fsp3) is 0.920. The van der Waals surface area contributed by atoms with Gasteiger partial charge in [0.2, 0.25) is 5.79 Å². The zero-order valence-electron chi connectivity index (χ0n) is 19.9. The molecule has 0 amide bonds. The molecule has 8 atom stereocenters. The van der Waals surface area contributed by atoms with Crippen molar-refractivity contribution in [2.45, 2.75) is 103 Å². The molecule has 0 aromatic heterocycles. The van der Waals surface area contributed by atoms with Gasteiger partial charge in [-0.1, -0.05) is 13.8 Å². The molecule has 5 fully saturated rings. The maximum absolute atomic E-state index is 12.3. The molecule has 0 aromatic carbocycles. The highest BCUT2D eigenvalue weighted by Gasteiger charge is 2.72. The summed E-state index contributed by atoms with van der Waals surface area (Å²) < 4.78 is 23.6. The highest BCUT2D eigenvalue weighted by Crippen LogP contribution is 2.69. The average molecular weight is 451 g/mol. The SMILES string of the molecule is CC(=O)O[C@@H]1C2(CC[C@]3(C)[C@@H]4CC[C@@]5(C)[C@H](CC[C@H]5OC(C)=O)[C@@H]4CC[C@@]13O)OCCO2.